The van der Waals surface area contributed by atoms with E-state index in [0.717, 1.165) is 32.1 Å². The van der Waals surface area contributed by atoms with Gasteiger partial charge in [0.15, 0.2) is 5.79 Å². The van der Waals surface area contributed by atoms with Crippen molar-refractivity contribution in [2.75, 3.05) is 0 Å². The molecule has 0 bridgehead atoms. The Balaban J connectivity index is 1.44. The van der Waals surface area contributed by atoms with Gasteiger partial charge in [0.2, 0.25) is 0 Å². The van der Waals surface area contributed by atoms with Crippen LogP contribution in [0.25, 0.3) is 0 Å². The molecular weight excluding hydrogens is 472 g/mol. The Bertz CT molecular complexity index is 763. The maximum Gasteiger partial charge on any atom is 0.330 e. The molecule has 0 aromatic rings. The predicted molar refractivity (Wildman–Crippen MR) is 142 cm³/mol. The zero-order chi connectivity index (χ0) is 26.5. The molecule has 37 heavy (non-hydrogen) atoms. The van der Waals surface area contributed by atoms with E-state index in [1.165, 1.54) is 51.5 Å². The molecule has 3 rings (SSSR count). The van der Waals surface area contributed by atoms with Gasteiger partial charge in [-0.1, -0.05) is 51.2 Å². The highest BCUT2D eigenvalue weighted by molar-refractivity contribution is 5.83. The molecule has 6 atom stereocenters. The lowest BCUT2D eigenvalue weighted by atomic mass is 9.91. The van der Waals surface area contributed by atoms with Gasteiger partial charge in [-0.05, 0) is 57.4 Å². The number of esters is 2. The molecule has 2 fully saturated rings. The molecule has 0 aliphatic carbocycles. The zero-order valence-corrected chi connectivity index (χ0v) is 22.9. The number of rotatable bonds is 14. The average Bonchev–Trinajstić information content (AvgIpc) is 2.99. The largest absolute Gasteiger partial charge is 0.462 e. The number of hydrogen-bond acceptors (Lipinski definition) is 7. The molecule has 210 valence electrons. The number of fused-ring (bicyclic) bond motifs is 1. The Morgan fingerprint density at radius 1 is 1.16 bits per heavy atom. The van der Waals surface area contributed by atoms with Crippen LogP contribution in [0.15, 0.2) is 24.3 Å². The molecule has 7 nitrogen and oxygen atoms in total. The molecule has 1 spiro atoms. The topological polar surface area (TPSA) is 91.3 Å². The second-order valence-electron chi connectivity index (χ2n) is 11.0. The number of aliphatic hydroxyl groups excluding tert-OH is 1. The lowest BCUT2D eigenvalue weighted by Gasteiger charge is -2.44. The van der Waals surface area contributed by atoms with Gasteiger partial charge in [-0.3, -0.25) is 4.79 Å². The van der Waals surface area contributed by atoms with Crippen LogP contribution in [0.4, 0.5) is 0 Å². The van der Waals surface area contributed by atoms with Gasteiger partial charge in [0, 0.05) is 32.3 Å². The van der Waals surface area contributed by atoms with Crippen molar-refractivity contribution >= 4 is 11.9 Å². The van der Waals surface area contributed by atoms with Crippen LogP contribution in [0.3, 0.4) is 0 Å². The summed E-state index contributed by atoms with van der Waals surface area (Å²) in [5.41, 5.74) is 0. The summed E-state index contributed by atoms with van der Waals surface area (Å²) in [6, 6.07) is 0. The molecule has 0 aromatic heterocycles. The van der Waals surface area contributed by atoms with E-state index in [9.17, 15) is 14.7 Å². The van der Waals surface area contributed by atoms with Crippen molar-refractivity contribution < 1.29 is 33.6 Å². The van der Waals surface area contributed by atoms with E-state index in [0.29, 0.717) is 32.1 Å². The van der Waals surface area contributed by atoms with E-state index < -0.39 is 11.9 Å². The van der Waals surface area contributed by atoms with E-state index in [-0.39, 0.29) is 36.4 Å². The summed E-state index contributed by atoms with van der Waals surface area (Å²) in [5, 5.41) is 10.7. The van der Waals surface area contributed by atoms with Gasteiger partial charge in [0.1, 0.15) is 18.3 Å². The Morgan fingerprint density at radius 2 is 1.92 bits per heavy atom. The fraction of sp³-hybridized carbons (Fsp3) is 0.800. The molecule has 0 aromatic carbocycles. The maximum atomic E-state index is 11.8. The molecule has 3 aliphatic heterocycles. The fourth-order valence-electron chi connectivity index (χ4n) is 5.85. The van der Waals surface area contributed by atoms with Gasteiger partial charge in [-0.25, -0.2) is 4.79 Å². The SMILES string of the molecule is CC/C=C/CCCCCCCCCC(CC1CC(O)CC2(CCCC3OC(=O)C=CC3O2)O1)OC(C)=O. The van der Waals surface area contributed by atoms with Gasteiger partial charge in [0.05, 0.1) is 12.2 Å². The van der Waals surface area contributed by atoms with Crippen LogP contribution in [0.2, 0.25) is 0 Å². The van der Waals surface area contributed by atoms with Crippen LogP contribution in [-0.2, 0) is 28.5 Å². The minimum Gasteiger partial charge on any atom is -0.462 e. The van der Waals surface area contributed by atoms with Crippen LogP contribution in [0.5, 0.6) is 0 Å². The van der Waals surface area contributed by atoms with E-state index in [2.05, 4.69) is 19.1 Å². The number of aliphatic hydroxyl groups is 1. The van der Waals surface area contributed by atoms with Crippen molar-refractivity contribution in [1.82, 2.24) is 0 Å². The van der Waals surface area contributed by atoms with Crippen molar-refractivity contribution in [2.45, 2.75) is 153 Å². The minimum atomic E-state index is -0.914. The Morgan fingerprint density at radius 3 is 2.68 bits per heavy atom. The first-order chi connectivity index (χ1) is 17.9. The minimum absolute atomic E-state index is 0.232. The van der Waals surface area contributed by atoms with Crippen LogP contribution < -0.4 is 0 Å². The Hall–Kier alpha value is -1.70. The summed E-state index contributed by atoms with van der Waals surface area (Å²) in [5.74, 6) is -1.54. The average molecular weight is 521 g/mol. The molecule has 3 heterocycles. The lowest BCUT2D eigenvalue weighted by Crippen LogP contribution is -2.51. The summed E-state index contributed by atoms with van der Waals surface area (Å²) in [4.78, 5) is 23.4. The lowest BCUT2D eigenvalue weighted by molar-refractivity contribution is -0.313. The molecule has 1 N–H and O–H groups in total. The monoisotopic (exact) mass is 520 g/mol. The van der Waals surface area contributed by atoms with Crippen molar-refractivity contribution in [3.05, 3.63) is 24.3 Å². The molecular formula is C30H48O7. The summed E-state index contributed by atoms with van der Waals surface area (Å²) < 4.78 is 24.0. The van der Waals surface area contributed by atoms with Crippen LogP contribution in [0.1, 0.15) is 117 Å². The number of hydrogen-bond donors (Lipinski definition) is 1. The molecule has 0 amide bonds. The van der Waals surface area contributed by atoms with Crippen molar-refractivity contribution in [1.29, 1.82) is 0 Å². The molecule has 0 saturated carbocycles. The summed E-state index contributed by atoms with van der Waals surface area (Å²) >= 11 is 0. The number of carbonyl (C=O) groups is 2. The maximum absolute atomic E-state index is 11.8. The van der Waals surface area contributed by atoms with E-state index in [1.54, 1.807) is 6.08 Å². The van der Waals surface area contributed by atoms with Crippen molar-refractivity contribution in [3.63, 3.8) is 0 Å². The van der Waals surface area contributed by atoms with Crippen LogP contribution in [-0.4, -0.2) is 53.4 Å². The predicted octanol–water partition coefficient (Wildman–Crippen LogP) is 6.07. The quantitative estimate of drug-likeness (QED) is 0.169. The highest BCUT2D eigenvalue weighted by Crippen LogP contribution is 2.41. The van der Waals surface area contributed by atoms with Gasteiger partial charge in [0.25, 0.3) is 0 Å². The fourth-order valence-corrected chi connectivity index (χ4v) is 5.85. The first-order valence-corrected chi connectivity index (χ1v) is 14.6. The first kappa shape index (κ1) is 29.9. The number of allylic oxidation sites excluding steroid dienone is 2. The molecule has 0 radical (unpaired) electrons. The third-order valence-electron chi connectivity index (χ3n) is 7.57. The van der Waals surface area contributed by atoms with Gasteiger partial charge in [-0.2, -0.15) is 0 Å². The summed E-state index contributed by atoms with van der Waals surface area (Å²) in [6.45, 7) is 3.62. The number of unbranched alkanes of at least 4 members (excludes halogenated alkanes) is 7. The number of ether oxygens (including phenoxy) is 4. The standard InChI is InChI=1S/C30H48O7/c1-3-4-5-6-7-8-9-10-11-12-13-15-25(34-23(2)31)21-26-20-24(32)22-30(36-26)19-14-16-27-28(37-30)17-18-29(33)35-27/h4-5,17-18,24-28,32H,3,6-16,19-22H2,1-2H3/b5-4+. The Kier molecular flexibility index (Phi) is 12.6. The second-order valence-corrected chi connectivity index (χ2v) is 11.0. The van der Waals surface area contributed by atoms with Gasteiger partial charge >= 0.3 is 11.9 Å². The van der Waals surface area contributed by atoms with E-state index >= 15 is 0 Å². The highest BCUT2D eigenvalue weighted by Gasteiger charge is 2.47. The summed E-state index contributed by atoms with van der Waals surface area (Å²) in [6.07, 6.45) is 21.0. The first-order valence-electron chi connectivity index (χ1n) is 14.6. The highest BCUT2D eigenvalue weighted by atomic mass is 16.7. The van der Waals surface area contributed by atoms with Crippen LogP contribution in [0, 0.1) is 0 Å². The number of carbonyl (C=O) groups excluding carboxylic acids is 2. The third kappa shape index (κ3) is 10.5. The molecule has 6 unspecified atom stereocenters. The molecule has 7 heteroatoms. The van der Waals surface area contributed by atoms with Gasteiger partial charge < -0.3 is 24.1 Å². The van der Waals surface area contributed by atoms with E-state index in [4.69, 9.17) is 18.9 Å². The second kappa shape index (κ2) is 15.6. The summed E-state index contributed by atoms with van der Waals surface area (Å²) in [7, 11) is 0. The van der Waals surface area contributed by atoms with Crippen LogP contribution >= 0.6 is 0 Å². The van der Waals surface area contributed by atoms with Crippen molar-refractivity contribution in [2.24, 2.45) is 0 Å². The van der Waals surface area contributed by atoms with E-state index in [1.807, 2.05) is 0 Å². The smallest absolute Gasteiger partial charge is 0.330 e. The Labute approximate surface area is 222 Å². The zero-order valence-electron chi connectivity index (χ0n) is 22.9. The molecule has 3 aliphatic rings. The third-order valence-corrected chi connectivity index (χ3v) is 7.57. The normalized spacial score (nSPS) is 30.6. The van der Waals surface area contributed by atoms with Crippen molar-refractivity contribution in [3.8, 4) is 0 Å². The van der Waals surface area contributed by atoms with Gasteiger partial charge in [-0.15, -0.1) is 0 Å². The molecule has 2 saturated heterocycles.